The SMILES string of the molecule is C/C=C1[NH+]=C(/C=C/c2ccc(O)cc2O)C(C)(C)C/1=C/CC.CC. The molecule has 3 heteroatoms. The summed E-state index contributed by atoms with van der Waals surface area (Å²) in [4.78, 5) is 3.46. The molecule has 0 radical (unpaired) electrons. The van der Waals surface area contributed by atoms with Gasteiger partial charge in [-0.2, -0.15) is 0 Å². The van der Waals surface area contributed by atoms with Crippen molar-refractivity contribution in [3.8, 4) is 11.5 Å². The average molecular weight is 328 g/mol. The maximum absolute atomic E-state index is 9.87. The lowest BCUT2D eigenvalue weighted by Crippen LogP contribution is -2.67. The van der Waals surface area contributed by atoms with Gasteiger partial charge < -0.3 is 10.2 Å². The van der Waals surface area contributed by atoms with Crippen LogP contribution in [0.4, 0.5) is 0 Å². The third-order valence-electron chi connectivity index (χ3n) is 4.05. The van der Waals surface area contributed by atoms with Crippen molar-refractivity contribution in [3.63, 3.8) is 0 Å². The largest absolute Gasteiger partial charge is 0.508 e. The summed E-state index contributed by atoms with van der Waals surface area (Å²) >= 11 is 0. The zero-order valence-corrected chi connectivity index (χ0v) is 15.6. The smallest absolute Gasteiger partial charge is 0.203 e. The van der Waals surface area contributed by atoms with E-state index in [0.29, 0.717) is 5.56 Å². The number of phenols is 2. The van der Waals surface area contributed by atoms with Crippen LogP contribution in [0.1, 0.15) is 53.5 Å². The first-order valence-electron chi connectivity index (χ1n) is 8.62. The fraction of sp³-hybridized carbons (Fsp3) is 0.381. The molecule has 0 atom stereocenters. The second-order valence-electron chi connectivity index (χ2n) is 5.97. The van der Waals surface area contributed by atoms with Gasteiger partial charge in [0.2, 0.25) is 5.70 Å². The number of phenolic OH excluding ortho intramolecular Hbond substituents is 2. The van der Waals surface area contributed by atoms with E-state index in [0.717, 1.165) is 17.8 Å². The van der Waals surface area contributed by atoms with Gasteiger partial charge >= 0.3 is 0 Å². The molecule has 130 valence electrons. The molecule has 3 N–H and O–H groups in total. The molecule has 1 heterocycles. The lowest BCUT2D eigenvalue weighted by molar-refractivity contribution is -0.386. The Balaban J connectivity index is 0.00000139. The monoisotopic (exact) mass is 328 g/mol. The van der Waals surface area contributed by atoms with Gasteiger partial charge in [0, 0.05) is 23.3 Å². The van der Waals surface area contributed by atoms with Crippen molar-refractivity contribution < 1.29 is 15.2 Å². The van der Waals surface area contributed by atoms with Gasteiger partial charge in [-0.15, -0.1) is 0 Å². The molecule has 0 fully saturated rings. The molecule has 3 nitrogen and oxygen atoms in total. The van der Waals surface area contributed by atoms with Gasteiger partial charge in [0.05, 0.1) is 5.41 Å². The number of allylic oxidation sites excluding steroid dienone is 4. The Morgan fingerprint density at radius 3 is 2.33 bits per heavy atom. The highest BCUT2D eigenvalue weighted by atomic mass is 16.3. The molecule has 0 aliphatic carbocycles. The molecule has 0 unspecified atom stereocenters. The number of hydrogen-bond acceptors (Lipinski definition) is 2. The molecule has 1 aromatic rings. The Kier molecular flexibility index (Phi) is 7.02. The first-order valence-corrected chi connectivity index (χ1v) is 8.62. The maximum atomic E-state index is 9.87. The number of nitrogens with one attached hydrogen (secondary N) is 1. The molecular formula is C21H30NO2+. The van der Waals surface area contributed by atoms with Crippen molar-refractivity contribution in [1.82, 2.24) is 0 Å². The van der Waals surface area contributed by atoms with Crippen LogP contribution in [0.15, 0.2) is 47.7 Å². The van der Waals surface area contributed by atoms with Crippen LogP contribution in [-0.2, 0) is 0 Å². The van der Waals surface area contributed by atoms with Crippen molar-refractivity contribution in [1.29, 1.82) is 0 Å². The van der Waals surface area contributed by atoms with Crippen LogP contribution in [0.3, 0.4) is 0 Å². The van der Waals surface area contributed by atoms with Gasteiger partial charge in [-0.05, 0) is 51.5 Å². The molecule has 0 saturated carbocycles. The maximum Gasteiger partial charge on any atom is 0.203 e. The average Bonchev–Trinajstić information content (AvgIpc) is 2.80. The minimum Gasteiger partial charge on any atom is -0.508 e. The first-order chi connectivity index (χ1) is 11.4. The first kappa shape index (κ1) is 19.8. The van der Waals surface area contributed by atoms with Crippen molar-refractivity contribution >= 4 is 11.8 Å². The van der Waals surface area contributed by atoms with Crippen LogP contribution < -0.4 is 4.99 Å². The molecular weight excluding hydrogens is 298 g/mol. The van der Waals surface area contributed by atoms with E-state index in [2.05, 4.69) is 37.9 Å². The lowest BCUT2D eigenvalue weighted by Gasteiger charge is -2.16. The van der Waals surface area contributed by atoms with Crippen LogP contribution in [0, 0.1) is 5.41 Å². The Hall–Kier alpha value is -2.29. The second-order valence-corrected chi connectivity index (χ2v) is 5.97. The number of hydrogen-bond donors (Lipinski definition) is 3. The topological polar surface area (TPSA) is 54.4 Å². The van der Waals surface area contributed by atoms with Gasteiger partial charge in [-0.1, -0.05) is 26.8 Å². The van der Waals surface area contributed by atoms with E-state index in [1.165, 1.54) is 11.6 Å². The molecule has 0 saturated heterocycles. The Labute approximate surface area is 145 Å². The van der Waals surface area contributed by atoms with Crippen LogP contribution in [0.25, 0.3) is 6.08 Å². The zero-order chi connectivity index (χ0) is 18.3. The molecule has 1 aliphatic heterocycles. The molecule has 1 aliphatic rings. The fourth-order valence-corrected chi connectivity index (χ4v) is 2.74. The van der Waals surface area contributed by atoms with E-state index >= 15 is 0 Å². The standard InChI is InChI=1S/C19H23NO2.C2H6/c1-5-7-15-16(6-2)20-18(19(15,3)4)11-9-13-8-10-14(21)12-17(13)22;1-2/h6-12,21-22H,5H2,1-4H3;1-2H3/p+1/b11-9+,15-7+,16-6+;. The van der Waals surface area contributed by atoms with E-state index in [1.807, 2.05) is 32.9 Å². The minimum absolute atomic E-state index is 0.0611. The predicted octanol–water partition coefficient (Wildman–Crippen LogP) is 3.94. The Morgan fingerprint density at radius 2 is 1.79 bits per heavy atom. The highest BCUT2D eigenvalue weighted by Gasteiger charge is 2.41. The Bertz CT molecular complexity index is 692. The van der Waals surface area contributed by atoms with E-state index in [9.17, 15) is 10.2 Å². The van der Waals surface area contributed by atoms with Crippen molar-refractivity contribution in [2.24, 2.45) is 5.41 Å². The third-order valence-corrected chi connectivity index (χ3v) is 4.05. The molecule has 0 amide bonds. The summed E-state index contributed by atoms with van der Waals surface area (Å²) in [6, 6.07) is 4.61. The molecule has 2 rings (SSSR count). The van der Waals surface area contributed by atoms with E-state index in [1.54, 1.807) is 12.1 Å². The highest BCUT2D eigenvalue weighted by molar-refractivity contribution is 6.02. The molecule has 0 aromatic heterocycles. The minimum atomic E-state index is -0.0963. The quantitative estimate of drug-likeness (QED) is 0.787. The number of rotatable bonds is 3. The van der Waals surface area contributed by atoms with Crippen molar-refractivity contribution in [2.75, 3.05) is 0 Å². The van der Waals surface area contributed by atoms with Gasteiger partial charge in [0.15, 0.2) is 5.71 Å². The Morgan fingerprint density at radius 1 is 1.12 bits per heavy atom. The van der Waals surface area contributed by atoms with Crippen LogP contribution in [0.5, 0.6) is 11.5 Å². The lowest BCUT2D eigenvalue weighted by atomic mass is 9.80. The molecule has 1 aromatic carbocycles. The van der Waals surface area contributed by atoms with Gasteiger partial charge in [0.1, 0.15) is 11.5 Å². The zero-order valence-electron chi connectivity index (χ0n) is 15.6. The normalized spacial score (nSPS) is 19.5. The van der Waals surface area contributed by atoms with E-state index < -0.39 is 0 Å². The van der Waals surface area contributed by atoms with E-state index in [-0.39, 0.29) is 16.9 Å². The number of aromatic hydroxyl groups is 2. The van der Waals surface area contributed by atoms with Crippen LogP contribution >= 0.6 is 0 Å². The molecule has 0 spiro atoms. The summed E-state index contributed by atoms with van der Waals surface area (Å²) in [6.07, 6.45) is 9.18. The van der Waals surface area contributed by atoms with Crippen LogP contribution in [0.2, 0.25) is 0 Å². The predicted molar refractivity (Wildman–Crippen MR) is 102 cm³/mol. The van der Waals surface area contributed by atoms with Crippen molar-refractivity contribution in [3.05, 3.63) is 53.3 Å². The summed E-state index contributed by atoms with van der Waals surface area (Å²) in [5.41, 5.74) is 4.11. The second kappa shape index (κ2) is 8.53. The summed E-state index contributed by atoms with van der Waals surface area (Å²) in [7, 11) is 0. The van der Waals surface area contributed by atoms with Gasteiger partial charge in [-0.3, -0.25) is 0 Å². The van der Waals surface area contributed by atoms with E-state index in [4.69, 9.17) is 0 Å². The summed E-state index contributed by atoms with van der Waals surface area (Å²) < 4.78 is 0. The van der Waals surface area contributed by atoms with Gasteiger partial charge in [0.25, 0.3) is 0 Å². The molecule has 24 heavy (non-hydrogen) atoms. The summed E-state index contributed by atoms with van der Waals surface area (Å²) in [6.45, 7) is 12.5. The highest BCUT2D eigenvalue weighted by Crippen LogP contribution is 2.34. The summed E-state index contributed by atoms with van der Waals surface area (Å²) in [5.74, 6) is 0.134. The van der Waals surface area contributed by atoms with Crippen LogP contribution in [-0.4, -0.2) is 15.9 Å². The van der Waals surface area contributed by atoms with Crippen molar-refractivity contribution in [2.45, 2.75) is 48.0 Å². The number of benzene rings is 1. The summed E-state index contributed by atoms with van der Waals surface area (Å²) in [5, 5.41) is 19.2. The van der Waals surface area contributed by atoms with Gasteiger partial charge in [-0.25, -0.2) is 4.99 Å². The third kappa shape index (κ3) is 4.16. The molecule has 0 bridgehead atoms. The fourth-order valence-electron chi connectivity index (χ4n) is 2.74.